The summed E-state index contributed by atoms with van der Waals surface area (Å²) in [7, 11) is -3.52. The molecular formula is C22H31N3O5S. The molecule has 1 aromatic carbocycles. The third-order valence-corrected chi connectivity index (χ3v) is 8.61. The van der Waals surface area contributed by atoms with E-state index < -0.39 is 10.4 Å². The summed E-state index contributed by atoms with van der Waals surface area (Å²) in [5, 5.41) is 0. The summed E-state index contributed by atoms with van der Waals surface area (Å²) < 4.78 is 32.5. The minimum absolute atomic E-state index is 0.0400. The van der Waals surface area contributed by atoms with Crippen molar-refractivity contribution in [3.05, 3.63) is 29.8 Å². The summed E-state index contributed by atoms with van der Waals surface area (Å²) in [5.41, 5.74) is 1.02. The lowest BCUT2D eigenvalue weighted by Gasteiger charge is -2.41. The van der Waals surface area contributed by atoms with Gasteiger partial charge >= 0.3 is 0 Å². The van der Waals surface area contributed by atoms with Gasteiger partial charge in [0.05, 0.1) is 6.61 Å². The summed E-state index contributed by atoms with van der Waals surface area (Å²) in [6.07, 6.45) is 2.67. The Morgan fingerprint density at radius 1 is 1.03 bits per heavy atom. The lowest BCUT2D eigenvalue weighted by atomic mass is 9.94. The molecule has 0 radical (unpaired) electrons. The summed E-state index contributed by atoms with van der Waals surface area (Å²) >= 11 is 0. The van der Waals surface area contributed by atoms with Crippen molar-refractivity contribution in [1.82, 2.24) is 14.1 Å². The first kappa shape index (κ1) is 22.4. The molecule has 3 fully saturated rings. The number of carbonyl (C=O) groups excluding carboxylic acids is 2. The van der Waals surface area contributed by atoms with E-state index in [1.807, 2.05) is 16.7 Å². The van der Waals surface area contributed by atoms with Crippen LogP contribution >= 0.6 is 0 Å². The summed E-state index contributed by atoms with van der Waals surface area (Å²) in [5.74, 6) is 0.0309. The lowest BCUT2D eigenvalue weighted by molar-refractivity contribution is -0.148. The number of ether oxygens (including phenoxy) is 1. The van der Waals surface area contributed by atoms with Gasteiger partial charge in [0.1, 0.15) is 6.61 Å². The van der Waals surface area contributed by atoms with Gasteiger partial charge in [0.2, 0.25) is 11.8 Å². The number of benzene rings is 1. The van der Waals surface area contributed by atoms with Gasteiger partial charge in [-0.05, 0) is 44.7 Å². The zero-order valence-corrected chi connectivity index (χ0v) is 18.8. The topological polar surface area (TPSA) is 93.2 Å². The van der Waals surface area contributed by atoms with E-state index in [1.54, 1.807) is 24.3 Å². The fourth-order valence-corrected chi connectivity index (χ4v) is 6.24. The first-order chi connectivity index (χ1) is 14.9. The third kappa shape index (κ3) is 4.84. The number of morpholine rings is 1. The molecule has 2 amide bonds. The molecular weight excluding hydrogens is 418 g/mol. The minimum atomic E-state index is -3.52. The first-order valence-electron chi connectivity index (χ1n) is 11.1. The Hall–Kier alpha value is -1.81. The molecule has 8 nitrogen and oxygen atoms in total. The number of amides is 2. The number of carbonyl (C=O) groups is 2. The highest BCUT2D eigenvalue weighted by Crippen LogP contribution is 2.29. The molecule has 0 N–H and O–H groups in total. The van der Waals surface area contributed by atoms with Crippen LogP contribution in [0.5, 0.6) is 0 Å². The van der Waals surface area contributed by atoms with Crippen molar-refractivity contribution in [2.45, 2.75) is 43.5 Å². The maximum atomic E-state index is 13.0. The van der Waals surface area contributed by atoms with Gasteiger partial charge < -0.3 is 19.1 Å². The second-order valence-corrected chi connectivity index (χ2v) is 10.6. The van der Waals surface area contributed by atoms with E-state index in [9.17, 15) is 18.4 Å². The van der Waals surface area contributed by atoms with Crippen LogP contribution < -0.4 is 0 Å². The summed E-state index contributed by atoms with van der Waals surface area (Å²) in [6, 6.07) is 7.08. The van der Waals surface area contributed by atoms with Crippen molar-refractivity contribution in [3.8, 4) is 0 Å². The van der Waals surface area contributed by atoms with Crippen molar-refractivity contribution < 1.29 is 23.1 Å². The Balaban J connectivity index is 1.28. The zero-order chi connectivity index (χ0) is 22.0. The second kappa shape index (κ2) is 9.36. The Bertz CT molecular complexity index is 845. The molecule has 3 heterocycles. The average Bonchev–Trinajstić information content (AvgIpc) is 2.79. The summed E-state index contributed by atoms with van der Waals surface area (Å²) in [4.78, 5) is 29.2. The number of hydrogen-bond acceptors (Lipinski definition) is 5. The highest BCUT2D eigenvalue weighted by Gasteiger charge is 2.38. The number of nitrogens with zero attached hydrogens (tertiary/aromatic N) is 3. The molecule has 0 bridgehead atoms. The largest absolute Gasteiger partial charge is 0.593 e. The van der Waals surface area contributed by atoms with Crippen molar-refractivity contribution in [2.75, 3.05) is 45.9 Å². The maximum Gasteiger partial charge on any atom is 0.248 e. The molecule has 0 spiro atoms. The monoisotopic (exact) mass is 449 g/mol. The molecule has 3 saturated heterocycles. The molecule has 1 aromatic rings. The van der Waals surface area contributed by atoms with Gasteiger partial charge in [0.25, 0.3) is 0 Å². The number of rotatable bonds is 4. The number of likely N-dealkylation sites (tertiary alicyclic amines) is 1. The zero-order valence-electron chi connectivity index (χ0n) is 18.0. The van der Waals surface area contributed by atoms with E-state index in [-0.39, 0.29) is 30.4 Å². The molecule has 3 aliphatic heterocycles. The van der Waals surface area contributed by atoms with Crippen molar-refractivity contribution in [2.24, 2.45) is 5.92 Å². The van der Waals surface area contributed by atoms with Gasteiger partial charge in [-0.15, -0.1) is 4.31 Å². The van der Waals surface area contributed by atoms with E-state index in [1.165, 1.54) is 4.31 Å². The highest BCUT2D eigenvalue weighted by atomic mass is 32.3. The number of piperidine rings is 2. The smallest absolute Gasteiger partial charge is 0.248 e. The van der Waals surface area contributed by atoms with Crippen LogP contribution in [0.3, 0.4) is 0 Å². The SMILES string of the molecule is Cc1ccc([S+](=O)([O-])N2CCC(C(=O)N3CCC(N4CCOCC4=O)CC3)CC2)cc1. The molecule has 0 aromatic heterocycles. The van der Waals surface area contributed by atoms with E-state index in [2.05, 4.69) is 0 Å². The molecule has 31 heavy (non-hydrogen) atoms. The Kier molecular flexibility index (Phi) is 6.76. The molecule has 1 atom stereocenters. The van der Waals surface area contributed by atoms with Crippen LogP contribution in [0, 0.1) is 12.8 Å². The fourth-order valence-electron chi connectivity index (χ4n) is 4.77. The van der Waals surface area contributed by atoms with Gasteiger partial charge in [-0.2, -0.15) is 0 Å². The van der Waals surface area contributed by atoms with Crippen molar-refractivity contribution in [3.63, 3.8) is 0 Å². The van der Waals surface area contributed by atoms with Gasteiger partial charge in [0, 0.05) is 44.7 Å². The predicted molar refractivity (Wildman–Crippen MR) is 115 cm³/mol. The molecule has 4 rings (SSSR count). The third-order valence-electron chi connectivity index (χ3n) is 6.70. The van der Waals surface area contributed by atoms with E-state index in [4.69, 9.17) is 4.74 Å². The van der Waals surface area contributed by atoms with Crippen LogP contribution in [0.15, 0.2) is 29.2 Å². The normalized spacial score (nSPS) is 24.3. The molecule has 0 aliphatic carbocycles. The Morgan fingerprint density at radius 2 is 1.68 bits per heavy atom. The van der Waals surface area contributed by atoms with Crippen molar-refractivity contribution in [1.29, 1.82) is 0 Å². The molecule has 3 aliphatic rings. The van der Waals surface area contributed by atoms with Crippen LogP contribution in [-0.4, -0.2) is 82.5 Å². The molecule has 0 saturated carbocycles. The summed E-state index contributed by atoms with van der Waals surface area (Å²) in [6.45, 7) is 5.32. The Morgan fingerprint density at radius 3 is 2.29 bits per heavy atom. The van der Waals surface area contributed by atoms with Crippen LogP contribution in [-0.2, 0) is 28.9 Å². The number of hydrogen-bond donors (Lipinski definition) is 0. The lowest BCUT2D eigenvalue weighted by Crippen LogP contribution is -2.53. The van der Waals surface area contributed by atoms with Gasteiger partial charge in [-0.25, -0.2) is 0 Å². The quantitative estimate of drug-likeness (QED) is 0.649. The average molecular weight is 450 g/mol. The molecule has 1 unspecified atom stereocenters. The first-order valence-corrected chi connectivity index (χ1v) is 12.5. The standard InChI is InChI=1S/C22H31N3O5S/c1-17-2-4-20(5-3-17)31(28,29)24-12-6-18(7-13-24)22(27)23-10-8-19(9-11-23)25-14-15-30-16-21(25)26/h2-5,18-19H,6-16H2,1H3. The Labute approximate surface area is 184 Å². The number of sulfonamides is 1. The van der Waals surface area contributed by atoms with E-state index in [0.29, 0.717) is 57.1 Å². The molecule has 170 valence electrons. The van der Waals surface area contributed by atoms with Gasteiger partial charge in [-0.1, -0.05) is 21.9 Å². The highest BCUT2D eigenvalue weighted by molar-refractivity contribution is 7.95. The van der Waals surface area contributed by atoms with Gasteiger partial charge in [0.15, 0.2) is 15.3 Å². The van der Waals surface area contributed by atoms with Gasteiger partial charge in [-0.3, -0.25) is 9.59 Å². The minimum Gasteiger partial charge on any atom is -0.593 e. The van der Waals surface area contributed by atoms with E-state index in [0.717, 1.165) is 18.4 Å². The van der Waals surface area contributed by atoms with Crippen LogP contribution in [0.25, 0.3) is 0 Å². The molecule has 9 heteroatoms. The van der Waals surface area contributed by atoms with Crippen LogP contribution in [0.1, 0.15) is 31.2 Å². The second-order valence-electron chi connectivity index (χ2n) is 8.69. The van der Waals surface area contributed by atoms with Crippen LogP contribution in [0.2, 0.25) is 0 Å². The van der Waals surface area contributed by atoms with Crippen molar-refractivity contribution >= 4 is 22.2 Å². The van der Waals surface area contributed by atoms with Crippen LogP contribution in [0.4, 0.5) is 0 Å². The fraction of sp³-hybridized carbons (Fsp3) is 0.636. The number of aryl methyl sites for hydroxylation is 1. The van der Waals surface area contributed by atoms with E-state index >= 15 is 0 Å². The maximum absolute atomic E-state index is 13.0. The predicted octanol–water partition coefficient (Wildman–Crippen LogP) is 1.46.